The molecule has 0 aromatic carbocycles. The zero-order valence-electron chi connectivity index (χ0n) is 14.6. The Hall–Kier alpha value is 0.384. The van der Waals surface area contributed by atoms with Crippen LogP contribution in [0.1, 0.15) is 41.5 Å². The molecule has 0 aliphatic heterocycles. The first-order chi connectivity index (χ1) is 7.91. The highest BCUT2D eigenvalue weighted by Crippen LogP contribution is 2.39. The van der Waals surface area contributed by atoms with Crippen LogP contribution in [0.2, 0.25) is 36.3 Å². The monoisotopic (exact) mass is 322 g/mol. The van der Waals surface area contributed by atoms with E-state index in [1.807, 2.05) is 0 Å². The van der Waals surface area contributed by atoms with Crippen LogP contribution >= 0.6 is 0 Å². The molecule has 0 aromatic heterocycles. The van der Waals surface area contributed by atoms with Crippen molar-refractivity contribution in [3.63, 3.8) is 0 Å². The van der Waals surface area contributed by atoms with Gasteiger partial charge in [-0.25, -0.2) is 8.42 Å². The normalized spacial score (nSPS) is 15.7. The topological polar surface area (TPSA) is 34.1 Å². The van der Waals surface area contributed by atoms with Crippen LogP contribution in [0.4, 0.5) is 0 Å². The van der Waals surface area contributed by atoms with Crippen molar-refractivity contribution < 1.29 is 8.42 Å². The summed E-state index contributed by atoms with van der Waals surface area (Å²) in [4.78, 5) is 0. The predicted octanol–water partition coefficient (Wildman–Crippen LogP) is 4.50. The van der Waals surface area contributed by atoms with Gasteiger partial charge >= 0.3 is 0 Å². The van der Waals surface area contributed by atoms with Crippen molar-refractivity contribution in [2.45, 2.75) is 77.8 Å². The molecule has 0 spiro atoms. The van der Waals surface area contributed by atoms with Gasteiger partial charge in [0.2, 0.25) is 0 Å². The standard InChI is InChI=1S/C14H34O2SSi2/c1-13(2,3)18(7,8)11-17(15,16)12-19(9,10)14(4,5)6/h11-12H2,1-10H3. The Kier molecular flexibility index (Phi) is 5.40. The Bertz CT molecular complexity index is 376. The van der Waals surface area contributed by atoms with E-state index in [1.165, 1.54) is 0 Å². The first-order valence-corrected chi connectivity index (χ1v) is 15.4. The van der Waals surface area contributed by atoms with E-state index in [4.69, 9.17) is 0 Å². The number of hydrogen-bond acceptors (Lipinski definition) is 2. The molecule has 0 rings (SSSR count). The SMILES string of the molecule is CC(C)(C)[Si](C)(C)CS(=O)(=O)C[Si](C)(C)C(C)(C)C. The van der Waals surface area contributed by atoms with Gasteiger partial charge in [0, 0.05) is 10.8 Å². The van der Waals surface area contributed by atoms with Crippen molar-refractivity contribution in [3.8, 4) is 0 Å². The molecule has 0 atom stereocenters. The molecule has 116 valence electrons. The minimum Gasteiger partial charge on any atom is -0.229 e. The lowest BCUT2D eigenvalue weighted by atomic mass is 10.2. The maximum atomic E-state index is 12.6. The van der Waals surface area contributed by atoms with Crippen molar-refractivity contribution in [1.29, 1.82) is 0 Å². The van der Waals surface area contributed by atoms with Crippen LogP contribution in [-0.4, -0.2) is 35.3 Å². The molecule has 0 saturated heterocycles. The number of sulfone groups is 1. The molecule has 0 bridgehead atoms. The largest absolute Gasteiger partial charge is 0.229 e. The second-order valence-electron chi connectivity index (χ2n) is 9.30. The minimum absolute atomic E-state index is 0.132. The molecule has 0 aliphatic rings. The van der Waals surface area contributed by atoms with Crippen LogP contribution in [-0.2, 0) is 9.84 Å². The third-order valence-electron chi connectivity index (χ3n) is 5.22. The lowest BCUT2D eigenvalue weighted by molar-refractivity contribution is 0.600. The van der Waals surface area contributed by atoms with Crippen molar-refractivity contribution in [3.05, 3.63) is 0 Å². The molecule has 5 heteroatoms. The summed E-state index contributed by atoms with van der Waals surface area (Å²) >= 11 is 0. The van der Waals surface area contributed by atoms with Gasteiger partial charge in [0.15, 0.2) is 0 Å². The average Bonchev–Trinajstić information content (AvgIpc) is 1.93. The second kappa shape index (κ2) is 5.30. The summed E-state index contributed by atoms with van der Waals surface area (Å²) in [5, 5.41) is 1.12. The molecular weight excluding hydrogens is 288 g/mol. The van der Waals surface area contributed by atoms with Crippen LogP contribution in [0.15, 0.2) is 0 Å². The van der Waals surface area contributed by atoms with Gasteiger partial charge in [-0.3, -0.25) is 0 Å². The fourth-order valence-electron chi connectivity index (χ4n) is 1.58. The average molecular weight is 323 g/mol. The highest BCUT2D eigenvalue weighted by Gasteiger charge is 2.43. The fraction of sp³-hybridized carbons (Fsp3) is 1.00. The molecule has 19 heavy (non-hydrogen) atoms. The van der Waals surface area contributed by atoms with Gasteiger partial charge in [-0.1, -0.05) is 67.7 Å². The highest BCUT2D eigenvalue weighted by molar-refractivity contribution is 7.94. The maximum absolute atomic E-state index is 12.6. The van der Waals surface area contributed by atoms with Gasteiger partial charge in [0.25, 0.3) is 0 Å². The number of rotatable bonds is 4. The molecule has 0 fully saturated rings. The van der Waals surface area contributed by atoms with E-state index < -0.39 is 26.0 Å². The van der Waals surface area contributed by atoms with Crippen molar-refractivity contribution in [2.75, 3.05) is 10.8 Å². The number of hydrogen-bond donors (Lipinski definition) is 0. The van der Waals surface area contributed by atoms with Gasteiger partial charge < -0.3 is 0 Å². The van der Waals surface area contributed by atoms with Gasteiger partial charge in [0.05, 0.1) is 16.1 Å². The Morgan fingerprint density at radius 1 is 0.684 bits per heavy atom. The van der Waals surface area contributed by atoms with Crippen LogP contribution in [0.25, 0.3) is 0 Å². The zero-order chi connectivity index (χ0) is 15.9. The van der Waals surface area contributed by atoms with E-state index in [0.717, 1.165) is 0 Å². The molecule has 0 saturated carbocycles. The first kappa shape index (κ1) is 19.4. The predicted molar refractivity (Wildman–Crippen MR) is 93.0 cm³/mol. The van der Waals surface area contributed by atoms with Gasteiger partial charge in [-0.2, -0.15) is 0 Å². The summed E-state index contributed by atoms with van der Waals surface area (Å²) in [5.74, 6) is 0. The molecule has 0 N–H and O–H groups in total. The molecule has 0 radical (unpaired) electrons. The van der Waals surface area contributed by atoms with E-state index in [-0.39, 0.29) is 10.1 Å². The molecule has 0 aromatic rings. The fourth-order valence-corrected chi connectivity index (χ4v) is 15.2. The van der Waals surface area contributed by atoms with Crippen LogP contribution in [0, 0.1) is 0 Å². The summed E-state index contributed by atoms with van der Waals surface area (Å²) in [6, 6.07) is 0. The van der Waals surface area contributed by atoms with E-state index >= 15 is 0 Å². The van der Waals surface area contributed by atoms with Gasteiger partial charge in [0.1, 0.15) is 9.84 Å². The van der Waals surface area contributed by atoms with E-state index in [2.05, 4.69) is 67.7 Å². The summed E-state index contributed by atoms with van der Waals surface area (Å²) in [6.07, 6.45) is 0. The summed E-state index contributed by atoms with van der Waals surface area (Å²) in [5.41, 5.74) is 0. The summed E-state index contributed by atoms with van der Waals surface area (Å²) in [6.45, 7) is 21.9. The Balaban J connectivity index is 5.16. The van der Waals surface area contributed by atoms with E-state index in [9.17, 15) is 8.42 Å². The van der Waals surface area contributed by atoms with Crippen LogP contribution in [0.3, 0.4) is 0 Å². The maximum Gasteiger partial charge on any atom is 0.145 e. The van der Waals surface area contributed by atoms with Gasteiger partial charge in [-0.05, 0) is 10.1 Å². The lowest BCUT2D eigenvalue weighted by Gasteiger charge is -2.40. The highest BCUT2D eigenvalue weighted by atomic mass is 32.2. The Labute approximate surface area is 123 Å². The van der Waals surface area contributed by atoms with Crippen molar-refractivity contribution in [2.24, 2.45) is 0 Å². The summed E-state index contributed by atoms with van der Waals surface area (Å²) < 4.78 is 25.2. The third-order valence-corrected chi connectivity index (χ3v) is 22.6. The molecule has 0 unspecified atom stereocenters. The first-order valence-electron chi connectivity index (χ1n) is 7.12. The van der Waals surface area contributed by atoms with Gasteiger partial charge in [-0.15, -0.1) is 0 Å². The Morgan fingerprint density at radius 3 is 1.05 bits per heavy atom. The summed E-state index contributed by atoms with van der Waals surface area (Å²) in [7, 11) is -6.47. The van der Waals surface area contributed by atoms with E-state index in [1.54, 1.807) is 0 Å². The molecular formula is C14H34O2SSi2. The van der Waals surface area contributed by atoms with Crippen LogP contribution in [0.5, 0.6) is 0 Å². The third kappa shape index (κ3) is 5.35. The molecule has 0 amide bonds. The molecule has 0 heterocycles. The van der Waals surface area contributed by atoms with Crippen molar-refractivity contribution >= 4 is 26.0 Å². The second-order valence-corrected chi connectivity index (χ2v) is 23.6. The van der Waals surface area contributed by atoms with E-state index in [0.29, 0.717) is 10.8 Å². The smallest absolute Gasteiger partial charge is 0.145 e. The van der Waals surface area contributed by atoms with Crippen molar-refractivity contribution in [1.82, 2.24) is 0 Å². The quantitative estimate of drug-likeness (QED) is 0.714. The minimum atomic E-state index is -2.94. The molecule has 2 nitrogen and oxygen atoms in total. The Morgan fingerprint density at radius 2 is 0.895 bits per heavy atom. The van der Waals surface area contributed by atoms with Crippen LogP contribution < -0.4 is 0 Å². The zero-order valence-corrected chi connectivity index (χ0v) is 17.5. The lowest BCUT2D eigenvalue weighted by Crippen LogP contribution is -2.50. The molecule has 0 aliphatic carbocycles.